The Hall–Kier alpha value is -1.14. The standard InChI is InChI=1S/C8H7BrFNO3/c9-5-2-3(10)1-4(7(5)12)6(11)8(13)14/h1-2,6,12H,11H2,(H,13,14)/t6-/m0/s1. The van der Waals surface area contributed by atoms with Gasteiger partial charge in [-0.3, -0.25) is 4.79 Å². The summed E-state index contributed by atoms with van der Waals surface area (Å²) >= 11 is 2.88. The molecule has 0 saturated carbocycles. The SMILES string of the molecule is N[C@H](C(=O)O)c1cc(F)cc(Br)c1O. The highest BCUT2D eigenvalue weighted by Crippen LogP contribution is 2.32. The molecule has 76 valence electrons. The second kappa shape index (κ2) is 3.93. The van der Waals surface area contributed by atoms with Crippen molar-refractivity contribution in [1.82, 2.24) is 0 Å². The first-order chi connectivity index (χ1) is 6.43. The van der Waals surface area contributed by atoms with Crippen LogP contribution < -0.4 is 5.73 Å². The fourth-order valence-corrected chi connectivity index (χ4v) is 1.40. The van der Waals surface area contributed by atoms with E-state index in [4.69, 9.17) is 10.8 Å². The molecular formula is C8H7BrFNO3. The summed E-state index contributed by atoms with van der Waals surface area (Å²) in [4.78, 5) is 10.5. The van der Waals surface area contributed by atoms with Crippen LogP contribution >= 0.6 is 15.9 Å². The van der Waals surface area contributed by atoms with Gasteiger partial charge in [-0.2, -0.15) is 0 Å². The summed E-state index contributed by atoms with van der Waals surface area (Å²) in [5.74, 6) is -2.36. The number of halogens is 2. The van der Waals surface area contributed by atoms with Crippen LogP contribution in [0, 0.1) is 5.82 Å². The second-order valence-electron chi connectivity index (χ2n) is 2.64. The fraction of sp³-hybridized carbons (Fsp3) is 0.125. The highest BCUT2D eigenvalue weighted by Gasteiger charge is 2.20. The normalized spacial score (nSPS) is 12.5. The largest absolute Gasteiger partial charge is 0.506 e. The third-order valence-corrected chi connectivity index (χ3v) is 2.26. The molecule has 6 heteroatoms. The number of phenols is 1. The van der Waals surface area contributed by atoms with Crippen molar-refractivity contribution in [1.29, 1.82) is 0 Å². The van der Waals surface area contributed by atoms with Crippen molar-refractivity contribution in [3.8, 4) is 5.75 Å². The summed E-state index contributed by atoms with van der Waals surface area (Å²) in [5.41, 5.74) is 5.07. The molecule has 0 aromatic heterocycles. The minimum absolute atomic E-state index is 0.0733. The predicted molar refractivity (Wildman–Crippen MR) is 50.3 cm³/mol. The zero-order valence-electron chi connectivity index (χ0n) is 6.87. The molecule has 0 amide bonds. The molecule has 0 unspecified atom stereocenters. The van der Waals surface area contributed by atoms with Gasteiger partial charge in [-0.05, 0) is 28.1 Å². The maximum absolute atomic E-state index is 12.8. The van der Waals surface area contributed by atoms with Crippen molar-refractivity contribution in [2.75, 3.05) is 0 Å². The van der Waals surface area contributed by atoms with Gasteiger partial charge in [-0.15, -0.1) is 0 Å². The monoisotopic (exact) mass is 263 g/mol. The molecule has 0 spiro atoms. The number of carboxylic acids is 1. The average Bonchev–Trinajstić information content (AvgIpc) is 2.09. The zero-order chi connectivity index (χ0) is 10.9. The molecule has 0 aliphatic heterocycles. The molecule has 4 nitrogen and oxygen atoms in total. The Bertz CT molecular complexity index is 383. The number of phenolic OH excluding ortho intramolecular Hbond substituents is 1. The smallest absolute Gasteiger partial charge is 0.325 e. The Labute approximate surface area is 87.3 Å². The van der Waals surface area contributed by atoms with E-state index in [-0.39, 0.29) is 15.8 Å². The minimum Gasteiger partial charge on any atom is -0.506 e. The van der Waals surface area contributed by atoms with Crippen molar-refractivity contribution < 1.29 is 19.4 Å². The third kappa shape index (κ3) is 2.02. The van der Waals surface area contributed by atoms with Crippen molar-refractivity contribution in [3.63, 3.8) is 0 Å². The number of carbonyl (C=O) groups is 1. The molecular weight excluding hydrogens is 257 g/mol. The molecule has 4 N–H and O–H groups in total. The van der Waals surface area contributed by atoms with Gasteiger partial charge in [-0.25, -0.2) is 4.39 Å². The van der Waals surface area contributed by atoms with Crippen LogP contribution in [0.5, 0.6) is 5.75 Å². The van der Waals surface area contributed by atoms with Gasteiger partial charge >= 0.3 is 5.97 Å². The minimum atomic E-state index is -1.44. The van der Waals surface area contributed by atoms with Crippen LogP contribution in [-0.4, -0.2) is 16.2 Å². The summed E-state index contributed by atoms with van der Waals surface area (Å²) in [6.07, 6.45) is 0. The Morgan fingerprint density at radius 3 is 2.64 bits per heavy atom. The molecule has 1 aromatic carbocycles. The molecule has 0 fully saturated rings. The summed E-state index contributed by atoms with van der Waals surface area (Å²) in [5, 5.41) is 18.0. The Balaban J connectivity index is 3.26. The van der Waals surface area contributed by atoms with E-state index < -0.39 is 17.8 Å². The van der Waals surface area contributed by atoms with Gasteiger partial charge in [0.15, 0.2) is 0 Å². The van der Waals surface area contributed by atoms with Gasteiger partial charge in [0.05, 0.1) is 4.47 Å². The quantitative estimate of drug-likeness (QED) is 0.753. The van der Waals surface area contributed by atoms with Gasteiger partial charge < -0.3 is 15.9 Å². The summed E-state index contributed by atoms with van der Waals surface area (Å²) in [6, 6.07) is 0.466. The summed E-state index contributed by atoms with van der Waals surface area (Å²) in [6.45, 7) is 0. The molecule has 0 bridgehead atoms. The number of hydrogen-bond acceptors (Lipinski definition) is 3. The van der Waals surface area contributed by atoms with Crippen LogP contribution in [-0.2, 0) is 4.79 Å². The van der Waals surface area contributed by atoms with Gasteiger partial charge in [0, 0.05) is 5.56 Å². The van der Waals surface area contributed by atoms with E-state index in [0.717, 1.165) is 12.1 Å². The number of benzene rings is 1. The van der Waals surface area contributed by atoms with E-state index in [1.54, 1.807) is 0 Å². The van der Waals surface area contributed by atoms with Crippen molar-refractivity contribution in [2.24, 2.45) is 5.73 Å². The highest BCUT2D eigenvalue weighted by molar-refractivity contribution is 9.10. The molecule has 0 radical (unpaired) electrons. The lowest BCUT2D eigenvalue weighted by Crippen LogP contribution is -2.20. The first-order valence-corrected chi connectivity index (χ1v) is 4.39. The highest BCUT2D eigenvalue weighted by atomic mass is 79.9. The Morgan fingerprint density at radius 1 is 1.57 bits per heavy atom. The summed E-state index contributed by atoms with van der Waals surface area (Å²) in [7, 11) is 0. The van der Waals surface area contributed by atoms with Gasteiger partial charge in [0.1, 0.15) is 17.6 Å². The molecule has 14 heavy (non-hydrogen) atoms. The predicted octanol–water partition coefficient (Wildman–Crippen LogP) is 1.38. The molecule has 1 aromatic rings. The van der Waals surface area contributed by atoms with Crippen LogP contribution in [0.4, 0.5) is 4.39 Å². The van der Waals surface area contributed by atoms with E-state index in [9.17, 15) is 14.3 Å². The van der Waals surface area contributed by atoms with Gasteiger partial charge in [0.25, 0.3) is 0 Å². The van der Waals surface area contributed by atoms with Crippen LogP contribution in [0.15, 0.2) is 16.6 Å². The molecule has 0 aliphatic rings. The van der Waals surface area contributed by atoms with Crippen molar-refractivity contribution >= 4 is 21.9 Å². The van der Waals surface area contributed by atoms with E-state index in [0.29, 0.717) is 0 Å². The number of carboxylic acid groups (broad SMARTS) is 1. The molecule has 1 atom stereocenters. The first-order valence-electron chi connectivity index (χ1n) is 3.59. The number of aromatic hydroxyl groups is 1. The van der Waals surface area contributed by atoms with Crippen LogP contribution in [0.3, 0.4) is 0 Å². The summed E-state index contributed by atoms with van der Waals surface area (Å²) < 4.78 is 12.9. The van der Waals surface area contributed by atoms with Crippen LogP contribution in [0.2, 0.25) is 0 Å². The lowest BCUT2D eigenvalue weighted by Gasteiger charge is -2.10. The van der Waals surface area contributed by atoms with Crippen molar-refractivity contribution in [3.05, 3.63) is 28.0 Å². The average molecular weight is 264 g/mol. The second-order valence-corrected chi connectivity index (χ2v) is 3.50. The number of nitrogens with two attached hydrogens (primary N) is 1. The van der Waals surface area contributed by atoms with E-state index >= 15 is 0 Å². The molecule has 1 rings (SSSR count). The van der Waals surface area contributed by atoms with E-state index in [1.807, 2.05) is 0 Å². The lowest BCUT2D eigenvalue weighted by molar-refractivity contribution is -0.138. The molecule has 0 aliphatic carbocycles. The van der Waals surface area contributed by atoms with Gasteiger partial charge in [-0.1, -0.05) is 0 Å². The first kappa shape index (κ1) is 10.9. The number of rotatable bonds is 2. The Morgan fingerprint density at radius 2 is 2.14 bits per heavy atom. The molecule has 0 heterocycles. The molecule has 0 saturated heterocycles. The van der Waals surface area contributed by atoms with Crippen LogP contribution in [0.1, 0.15) is 11.6 Å². The van der Waals surface area contributed by atoms with E-state index in [2.05, 4.69) is 15.9 Å². The number of hydrogen-bond donors (Lipinski definition) is 3. The Kier molecular flexibility index (Phi) is 3.07. The van der Waals surface area contributed by atoms with Crippen LogP contribution in [0.25, 0.3) is 0 Å². The topological polar surface area (TPSA) is 83.6 Å². The third-order valence-electron chi connectivity index (χ3n) is 1.66. The fourth-order valence-electron chi connectivity index (χ4n) is 0.956. The maximum Gasteiger partial charge on any atom is 0.325 e. The van der Waals surface area contributed by atoms with Gasteiger partial charge in [0.2, 0.25) is 0 Å². The zero-order valence-corrected chi connectivity index (χ0v) is 8.45. The van der Waals surface area contributed by atoms with Crippen molar-refractivity contribution in [2.45, 2.75) is 6.04 Å². The maximum atomic E-state index is 12.8. The lowest BCUT2D eigenvalue weighted by atomic mass is 10.1. The van der Waals surface area contributed by atoms with E-state index in [1.165, 1.54) is 0 Å². The number of aliphatic carboxylic acids is 1.